The zero-order chi connectivity index (χ0) is 17.6. The molecule has 0 radical (unpaired) electrons. The molecule has 0 aliphatic carbocycles. The average Bonchev–Trinajstić information content (AvgIpc) is 3.00. The molecule has 1 heterocycles. The first-order chi connectivity index (χ1) is 11.4. The number of rotatable bonds is 7. The van der Waals surface area contributed by atoms with Crippen molar-refractivity contribution < 1.29 is 27.4 Å². The molecule has 0 aromatic heterocycles. The van der Waals surface area contributed by atoms with Gasteiger partial charge in [0.2, 0.25) is 5.91 Å². The predicted molar refractivity (Wildman–Crippen MR) is 83.1 cm³/mol. The van der Waals surface area contributed by atoms with Gasteiger partial charge in [-0.3, -0.25) is 4.79 Å². The van der Waals surface area contributed by atoms with Crippen LogP contribution in [0.1, 0.15) is 24.8 Å². The van der Waals surface area contributed by atoms with E-state index in [9.17, 15) is 18.0 Å². The number of benzene rings is 1. The monoisotopic (exact) mass is 346 g/mol. The van der Waals surface area contributed by atoms with E-state index < -0.39 is 11.7 Å². The van der Waals surface area contributed by atoms with Gasteiger partial charge in [0.05, 0.1) is 17.9 Å². The van der Waals surface area contributed by atoms with Crippen LogP contribution in [0.4, 0.5) is 18.9 Å². The van der Waals surface area contributed by atoms with E-state index in [1.807, 2.05) is 0 Å². The predicted octanol–water partition coefficient (Wildman–Crippen LogP) is 2.81. The Labute approximate surface area is 138 Å². The molecule has 1 fully saturated rings. The van der Waals surface area contributed by atoms with E-state index in [-0.39, 0.29) is 36.4 Å². The fourth-order valence-electron chi connectivity index (χ4n) is 2.52. The molecule has 2 rings (SSSR count). The van der Waals surface area contributed by atoms with Gasteiger partial charge >= 0.3 is 6.18 Å². The van der Waals surface area contributed by atoms with Crippen LogP contribution in [0.2, 0.25) is 0 Å². The fraction of sp³-hybridized carbons (Fsp3) is 0.562. The molecule has 1 aliphatic rings. The number of carbonyl (C=O) groups is 1. The Kier molecular flexibility index (Phi) is 6.44. The third kappa shape index (κ3) is 5.38. The zero-order valence-corrected chi connectivity index (χ0v) is 13.4. The maximum absolute atomic E-state index is 12.9. The van der Waals surface area contributed by atoms with Crippen LogP contribution in [0.15, 0.2) is 18.2 Å². The molecule has 134 valence electrons. The molecule has 24 heavy (non-hydrogen) atoms. The second-order valence-electron chi connectivity index (χ2n) is 5.60. The SMILES string of the molecule is COCCOc1ccc(C(F)(F)F)cc1NC(=O)CC1CCCN1. The minimum absolute atomic E-state index is 0.0175. The normalized spacial score (nSPS) is 17.8. The van der Waals surface area contributed by atoms with E-state index in [0.717, 1.165) is 31.5 Å². The number of hydrogen-bond donors (Lipinski definition) is 2. The summed E-state index contributed by atoms with van der Waals surface area (Å²) in [5.74, 6) is -0.155. The van der Waals surface area contributed by atoms with Gasteiger partial charge in [-0.2, -0.15) is 13.2 Å². The van der Waals surface area contributed by atoms with Crippen LogP contribution in [0.3, 0.4) is 0 Å². The first kappa shape index (κ1) is 18.5. The van der Waals surface area contributed by atoms with E-state index in [0.29, 0.717) is 6.61 Å². The van der Waals surface area contributed by atoms with Gasteiger partial charge in [-0.1, -0.05) is 0 Å². The second-order valence-corrected chi connectivity index (χ2v) is 5.60. The van der Waals surface area contributed by atoms with Crippen molar-refractivity contribution in [3.63, 3.8) is 0 Å². The molecule has 1 unspecified atom stereocenters. The number of hydrogen-bond acceptors (Lipinski definition) is 4. The smallest absolute Gasteiger partial charge is 0.416 e. The Morgan fingerprint density at radius 3 is 2.79 bits per heavy atom. The van der Waals surface area contributed by atoms with Crippen LogP contribution >= 0.6 is 0 Å². The summed E-state index contributed by atoms with van der Waals surface area (Å²) in [5.41, 5.74) is -0.820. The minimum Gasteiger partial charge on any atom is -0.489 e. The van der Waals surface area contributed by atoms with E-state index in [1.54, 1.807) is 0 Å². The summed E-state index contributed by atoms with van der Waals surface area (Å²) in [4.78, 5) is 12.1. The summed E-state index contributed by atoms with van der Waals surface area (Å²) in [6, 6.07) is 3.09. The maximum atomic E-state index is 12.9. The van der Waals surface area contributed by atoms with Crippen LogP contribution in [0.25, 0.3) is 0 Å². The van der Waals surface area contributed by atoms with Crippen molar-refractivity contribution in [2.24, 2.45) is 0 Å². The van der Waals surface area contributed by atoms with E-state index in [1.165, 1.54) is 13.2 Å². The molecule has 0 saturated carbocycles. The Morgan fingerprint density at radius 1 is 1.38 bits per heavy atom. The van der Waals surface area contributed by atoms with Crippen molar-refractivity contribution >= 4 is 11.6 Å². The molecule has 1 saturated heterocycles. The van der Waals surface area contributed by atoms with Crippen LogP contribution in [-0.2, 0) is 15.7 Å². The highest BCUT2D eigenvalue weighted by Crippen LogP contribution is 2.35. The summed E-state index contributed by atoms with van der Waals surface area (Å²) in [6.45, 7) is 1.32. The van der Waals surface area contributed by atoms with Gasteiger partial charge in [-0.05, 0) is 37.6 Å². The van der Waals surface area contributed by atoms with E-state index >= 15 is 0 Å². The Hall–Kier alpha value is -1.80. The molecule has 1 aliphatic heterocycles. The Balaban J connectivity index is 2.11. The van der Waals surface area contributed by atoms with Crippen LogP contribution in [0, 0.1) is 0 Å². The molecule has 0 spiro atoms. The van der Waals surface area contributed by atoms with Crippen molar-refractivity contribution in [3.05, 3.63) is 23.8 Å². The number of methoxy groups -OCH3 is 1. The standard InChI is InChI=1S/C16H21F3N2O3/c1-23-7-8-24-14-5-4-11(16(17,18)19)9-13(14)21-15(22)10-12-3-2-6-20-12/h4-5,9,12,20H,2-3,6-8,10H2,1H3,(H,21,22). The summed E-state index contributed by atoms with van der Waals surface area (Å²) >= 11 is 0. The molecule has 0 bridgehead atoms. The van der Waals surface area contributed by atoms with Crippen molar-refractivity contribution in [1.29, 1.82) is 0 Å². The quantitative estimate of drug-likeness (QED) is 0.746. The molecule has 1 atom stereocenters. The van der Waals surface area contributed by atoms with Gasteiger partial charge in [0, 0.05) is 19.6 Å². The van der Waals surface area contributed by atoms with Gasteiger partial charge in [-0.15, -0.1) is 0 Å². The van der Waals surface area contributed by atoms with Gasteiger partial charge in [0.25, 0.3) is 0 Å². The number of carbonyl (C=O) groups excluding carboxylic acids is 1. The second kappa shape index (κ2) is 8.34. The number of ether oxygens (including phenoxy) is 2. The Morgan fingerprint density at radius 2 is 2.17 bits per heavy atom. The lowest BCUT2D eigenvalue weighted by atomic mass is 10.1. The van der Waals surface area contributed by atoms with Gasteiger partial charge < -0.3 is 20.1 Å². The molecule has 1 amide bonds. The Bertz CT molecular complexity index is 558. The highest BCUT2D eigenvalue weighted by atomic mass is 19.4. The first-order valence-corrected chi connectivity index (χ1v) is 7.76. The van der Waals surface area contributed by atoms with Gasteiger partial charge in [-0.25, -0.2) is 0 Å². The summed E-state index contributed by atoms with van der Waals surface area (Å²) in [5, 5.41) is 5.71. The molecular weight excluding hydrogens is 325 g/mol. The number of halogens is 3. The third-order valence-electron chi connectivity index (χ3n) is 3.72. The van der Waals surface area contributed by atoms with Crippen molar-refractivity contribution in [3.8, 4) is 5.75 Å². The zero-order valence-electron chi connectivity index (χ0n) is 13.4. The molecular formula is C16H21F3N2O3. The van der Waals surface area contributed by atoms with E-state index in [2.05, 4.69) is 10.6 Å². The van der Waals surface area contributed by atoms with Crippen LogP contribution in [-0.4, -0.2) is 38.8 Å². The minimum atomic E-state index is -4.49. The van der Waals surface area contributed by atoms with Crippen molar-refractivity contribution in [2.45, 2.75) is 31.5 Å². The number of amides is 1. The highest BCUT2D eigenvalue weighted by molar-refractivity contribution is 5.92. The average molecular weight is 346 g/mol. The largest absolute Gasteiger partial charge is 0.489 e. The van der Waals surface area contributed by atoms with E-state index in [4.69, 9.17) is 9.47 Å². The van der Waals surface area contributed by atoms with Crippen LogP contribution in [0.5, 0.6) is 5.75 Å². The number of anilines is 1. The molecule has 1 aromatic rings. The van der Waals surface area contributed by atoms with Crippen LogP contribution < -0.4 is 15.4 Å². The first-order valence-electron chi connectivity index (χ1n) is 7.76. The number of nitrogens with one attached hydrogen (secondary N) is 2. The molecule has 2 N–H and O–H groups in total. The topological polar surface area (TPSA) is 59.6 Å². The van der Waals surface area contributed by atoms with Gasteiger partial charge in [0.1, 0.15) is 12.4 Å². The lowest BCUT2D eigenvalue weighted by Crippen LogP contribution is -2.27. The third-order valence-corrected chi connectivity index (χ3v) is 3.72. The van der Waals surface area contributed by atoms with Crippen molar-refractivity contribution in [2.75, 3.05) is 32.2 Å². The number of alkyl halides is 3. The summed E-state index contributed by atoms with van der Waals surface area (Å²) in [7, 11) is 1.49. The molecule has 8 heteroatoms. The van der Waals surface area contributed by atoms with Crippen molar-refractivity contribution in [1.82, 2.24) is 5.32 Å². The molecule has 1 aromatic carbocycles. The summed E-state index contributed by atoms with van der Waals surface area (Å²) < 4.78 is 48.9. The van der Waals surface area contributed by atoms with Gasteiger partial charge in [0.15, 0.2) is 0 Å². The summed E-state index contributed by atoms with van der Waals surface area (Å²) in [6.07, 6.45) is -2.40. The fourth-order valence-corrected chi connectivity index (χ4v) is 2.52. The lowest BCUT2D eigenvalue weighted by Gasteiger charge is -2.16. The highest BCUT2D eigenvalue weighted by Gasteiger charge is 2.31. The maximum Gasteiger partial charge on any atom is 0.416 e. The molecule has 5 nitrogen and oxygen atoms in total. The lowest BCUT2D eigenvalue weighted by molar-refractivity contribution is -0.137.